The third kappa shape index (κ3) is 6.61. The Morgan fingerprint density at radius 3 is 2.57 bits per heavy atom. The maximum atomic E-state index is 11.9. The first-order valence-electron chi connectivity index (χ1n) is 8.17. The maximum absolute atomic E-state index is 11.9. The van der Waals surface area contributed by atoms with E-state index in [0.29, 0.717) is 6.54 Å². The van der Waals surface area contributed by atoms with Crippen molar-refractivity contribution in [2.24, 2.45) is 0 Å². The Balaban J connectivity index is 1.94. The fourth-order valence-electron chi connectivity index (χ4n) is 2.87. The molecule has 0 bridgehead atoms. The van der Waals surface area contributed by atoms with E-state index >= 15 is 0 Å². The van der Waals surface area contributed by atoms with Crippen LogP contribution in [0.2, 0.25) is 0 Å². The zero-order chi connectivity index (χ0) is 16.7. The summed E-state index contributed by atoms with van der Waals surface area (Å²) in [6.45, 7) is 2.66. The van der Waals surface area contributed by atoms with Crippen molar-refractivity contribution in [3.63, 3.8) is 0 Å². The summed E-state index contributed by atoms with van der Waals surface area (Å²) in [6, 6.07) is 4.34. The summed E-state index contributed by atoms with van der Waals surface area (Å²) < 4.78 is 22.3. The van der Waals surface area contributed by atoms with E-state index in [4.69, 9.17) is 0 Å². The maximum Gasteiger partial charge on any atom is 0.221 e. The zero-order valence-corrected chi connectivity index (χ0v) is 15.3. The molecule has 130 valence electrons. The van der Waals surface area contributed by atoms with Crippen LogP contribution in [-0.2, 0) is 14.6 Å². The number of amides is 1. The zero-order valence-electron chi connectivity index (χ0n) is 13.7. The van der Waals surface area contributed by atoms with Gasteiger partial charge < -0.3 is 5.32 Å². The highest BCUT2D eigenvalue weighted by atomic mass is 32.2. The number of hydrogen-bond donors (Lipinski definition) is 1. The summed E-state index contributed by atoms with van der Waals surface area (Å²) in [5.41, 5.74) is 0. The Kier molecular flexibility index (Phi) is 7.05. The summed E-state index contributed by atoms with van der Waals surface area (Å²) in [4.78, 5) is 15.6. The van der Waals surface area contributed by atoms with E-state index < -0.39 is 9.84 Å². The van der Waals surface area contributed by atoms with E-state index in [-0.39, 0.29) is 24.1 Å². The highest BCUT2D eigenvalue weighted by Gasteiger charge is 2.23. The number of sulfone groups is 1. The Hall–Kier alpha value is -0.920. The molecule has 1 aliphatic heterocycles. The van der Waals surface area contributed by atoms with Crippen LogP contribution >= 0.6 is 11.3 Å². The molecule has 0 saturated carbocycles. The molecule has 1 aromatic heterocycles. The molecule has 0 spiro atoms. The normalized spacial score (nSPS) is 18.3. The van der Waals surface area contributed by atoms with Crippen LogP contribution in [0.3, 0.4) is 0 Å². The molecular formula is C16H26N2O3S2. The monoisotopic (exact) mass is 358 g/mol. The number of nitrogens with one attached hydrogen (secondary N) is 1. The largest absolute Gasteiger partial charge is 0.354 e. The van der Waals surface area contributed by atoms with Gasteiger partial charge in [0.2, 0.25) is 5.91 Å². The molecule has 23 heavy (non-hydrogen) atoms. The molecule has 1 amide bonds. The predicted octanol–water partition coefficient (Wildman–Crippen LogP) is 2.22. The van der Waals surface area contributed by atoms with Gasteiger partial charge in [0.05, 0.1) is 11.8 Å². The smallest absolute Gasteiger partial charge is 0.221 e. The van der Waals surface area contributed by atoms with Gasteiger partial charge in [0.15, 0.2) is 0 Å². The van der Waals surface area contributed by atoms with Crippen LogP contribution < -0.4 is 5.32 Å². The SMILES string of the molecule is CS(=O)(=O)CCC(=O)NCC(c1cccs1)N1CCCCCC1. The molecule has 1 fully saturated rings. The van der Waals surface area contributed by atoms with Crippen LogP contribution in [-0.4, -0.2) is 50.9 Å². The van der Waals surface area contributed by atoms with Crippen LogP contribution in [0.1, 0.15) is 43.0 Å². The Morgan fingerprint density at radius 2 is 2.00 bits per heavy atom. The molecule has 0 radical (unpaired) electrons. The van der Waals surface area contributed by atoms with Gasteiger partial charge in [-0.3, -0.25) is 9.69 Å². The first-order valence-corrected chi connectivity index (χ1v) is 11.1. The fourth-order valence-corrected chi connectivity index (χ4v) is 4.29. The van der Waals surface area contributed by atoms with Gasteiger partial charge in [-0.05, 0) is 37.4 Å². The second-order valence-electron chi connectivity index (χ2n) is 6.17. The number of likely N-dealkylation sites (tertiary alicyclic amines) is 1. The molecular weight excluding hydrogens is 332 g/mol. The number of nitrogens with zero attached hydrogens (tertiary/aromatic N) is 1. The molecule has 1 aromatic rings. The second-order valence-corrected chi connectivity index (χ2v) is 9.40. The van der Waals surface area contributed by atoms with E-state index in [1.807, 2.05) is 6.07 Å². The summed E-state index contributed by atoms with van der Waals surface area (Å²) in [7, 11) is -3.10. The summed E-state index contributed by atoms with van der Waals surface area (Å²) >= 11 is 1.71. The minimum Gasteiger partial charge on any atom is -0.354 e. The molecule has 5 nitrogen and oxygen atoms in total. The van der Waals surface area contributed by atoms with E-state index in [9.17, 15) is 13.2 Å². The van der Waals surface area contributed by atoms with Crippen molar-refractivity contribution in [1.29, 1.82) is 0 Å². The molecule has 0 aliphatic carbocycles. The van der Waals surface area contributed by atoms with Gasteiger partial charge in [-0.2, -0.15) is 0 Å². The summed E-state index contributed by atoms with van der Waals surface area (Å²) in [6.07, 6.45) is 6.14. The van der Waals surface area contributed by atoms with Gasteiger partial charge in [-0.15, -0.1) is 11.3 Å². The minimum absolute atomic E-state index is 0.0377. The second kappa shape index (κ2) is 8.80. The van der Waals surface area contributed by atoms with Crippen molar-refractivity contribution in [2.45, 2.75) is 38.1 Å². The fraction of sp³-hybridized carbons (Fsp3) is 0.688. The molecule has 1 atom stereocenters. The number of thiophene rings is 1. The standard InChI is InChI=1S/C16H26N2O3S2/c1-23(20,21)12-8-16(19)17-13-14(15-7-6-11-22-15)18-9-4-2-3-5-10-18/h6-7,11,14H,2-5,8-10,12-13H2,1H3,(H,17,19). The minimum atomic E-state index is -3.10. The van der Waals surface area contributed by atoms with Gasteiger partial charge in [-0.25, -0.2) is 8.42 Å². The summed E-state index contributed by atoms with van der Waals surface area (Å²) in [5, 5.41) is 4.98. The van der Waals surface area contributed by atoms with Crippen molar-refractivity contribution in [3.05, 3.63) is 22.4 Å². The first kappa shape index (κ1) is 18.4. The topological polar surface area (TPSA) is 66.5 Å². The van der Waals surface area contributed by atoms with E-state index in [1.54, 1.807) is 11.3 Å². The van der Waals surface area contributed by atoms with Crippen LogP contribution in [0, 0.1) is 0 Å². The third-order valence-electron chi connectivity index (χ3n) is 4.15. The van der Waals surface area contributed by atoms with Gasteiger partial charge in [0, 0.05) is 24.1 Å². The van der Waals surface area contributed by atoms with Gasteiger partial charge in [0.1, 0.15) is 9.84 Å². The van der Waals surface area contributed by atoms with E-state index in [1.165, 1.54) is 30.6 Å². The highest BCUT2D eigenvalue weighted by molar-refractivity contribution is 7.90. The molecule has 1 aliphatic rings. The Labute approximate surface area is 143 Å². The van der Waals surface area contributed by atoms with Gasteiger partial charge in [-0.1, -0.05) is 18.9 Å². The number of hydrogen-bond acceptors (Lipinski definition) is 5. The van der Waals surface area contributed by atoms with Crippen LogP contribution in [0.15, 0.2) is 17.5 Å². The molecule has 1 saturated heterocycles. The number of carbonyl (C=O) groups excluding carboxylic acids is 1. The molecule has 7 heteroatoms. The number of rotatable bonds is 7. The lowest BCUT2D eigenvalue weighted by molar-refractivity contribution is -0.121. The summed E-state index contributed by atoms with van der Waals surface area (Å²) in [5.74, 6) is -0.279. The lowest BCUT2D eigenvalue weighted by atomic mass is 10.2. The van der Waals surface area contributed by atoms with Crippen LogP contribution in [0.4, 0.5) is 0 Å². The number of carbonyl (C=O) groups is 1. The van der Waals surface area contributed by atoms with E-state index in [2.05, 4.69) is 21.7 Å². The highest BCUT2D eigenvalue weighted by Crippen LogP contribution is 2.27. The Bertz CT molecular complexity index is 576. The quantitative estimate of drug-likeness (QED) is 0.812. The average Bonchev–Trinajstić information content (AvgIpc) is 2.88. The van der Waals surface area contributed by atoms with Crippen molar-refractivity contribution >= 4 is 27.1 Å². The van der Waals surface area contributed by atoms with Crippen LogP contribution in [0.5, 0.6) is 0 Å². The Morgan fingerprint density at radius 1 is 1.30 bits per heavy atom. The predicted molar refractivity (Wildman–Crippen MR) is 94.4 cm³/mol. The molecule has 1 N–H and O–H groups in total. The van der Waals surface area contributed by atoms with Crippen molar-refractivity contribution < 1.29 is 13.2 Å². The van der Waals surface area contributed by atoms with E-state index in [0.717, 1.165) is 19.3 Å². The lowest BCUT2D eigenvalue weighted by Gasteiger charge is -2.30. The van der Waals surface area contributed by atoms with Gasteiger partial charge >= 0.3 is 0 Å². The lowest BCUT2D eigenvalue weighted by Crippen LogP contribution is -2.38. The first-order chi connectivity index (χ1) is 11.0. The van der Waals surface area contributed by atoms with Crippen LogP contribution in [0.25, 0.3) is 0 Å². The average molecular weight is 359 g/mol. The van der Waals surface area contributed by atoms with Crippen molar-refractivity contribution in [1.82, 2.24) is 10.2 Å². The molecule has 0 aromatic carbocycles. The molecule has 2 rings (SSSR count). The van der Waals surface area contributed by atoms with Gasteiger partial charge in [0.25, 0.3) is 0 Å². The van der Waals surface area contributed by atoms with Crippen molar-refractivity contribution in [3.8, 4) is 0 Å². The molecule has 2 heterocycles. The molecule has 1 unspecified atom stereocenters. The van der Waals surface area contributed by atoms with Crippen molar-refractivity contribution in [2.75, 3.05) is 31.6 Å². The third-order valence-corrected chi connectivity index (χ3v) is 6.06.